The van der Waals surface area contributed by atoms with Crippen LogP contribution in [0.4, 0.5) is 0 Å². The average Bonchev–Trinajstić information content (AvgIpc) is 2.27. The Morgan fingerprint density at radius 2 is 1.78 bits per heavy atom. The first-order chi connectivity index (χ1) is 8.31. The minimum Gasteiger partial charge on any atom is -0.467 e. The Labute approximate surface area is 106 Å². The topological polar surface area (TPSA) is 81.2 Å². The molecule has 0 aromatic heterocycles. The molecule has 100 valence electrons. The van der Waals surface area contributed by atoms with Gasteiger partial charge in [-0.3, -0.25) is 0 Å². The molecular formula is C11H17N2O4P. The summed E-state index contributed by atoms with van der Waals surface area (Å²) in [7, 11) is -1.14. The minimum atomic E-state index is -3.62. The van der Waals surface area contributed by atoms with Crippen LogP contribution in [0.25, 0.3) is 5.53 Å². The molecule has 0 saturated carbocycles. The van der Waals surface area contributed by atoms with Crippen molar-refractivity contribution in [1.29, 1.82) is 0 Å². The third kappa shape index (κ3) is 2.62. The van der Waals surface area contributed by atoms with Crippen LogP contribution in [0.2, 0.25) is 0 Å². The van der Waals surface area contributed by atoms with Crippen LogP contribution in [0.3, 0.4) is 0 Å². The van der Waals surface area contributed by atoms with Crippen molar-refractivity contribution in [2.75, 3.05) is 14.2 Å². The number of allylic oxidation sites excluding steroid dienone is 4. The van der Waals surface area contributed by atoms with Gasteiger partial charge in [-0.05, 0) is 32.9 Å². The van der Waals surface area contributed by atoms with Crippen LogP contribution in [0.15, 0.2) is 23.7 Å². The molecule has 1 rings (SSSR count). The molecule has 0 atom stereocenters. The summed E-state index contributed by atoms with van der Waals surface area (Å²) >= 11 is 0. The highest BCUT2D eigenvalue weighted by atomic mass is 31.2. The first-order valence-corrected chi connectivity index (χ1v) is 6.87. The van der Waals surface area contributed by atoms with E-state index < -0.39 is 13.0 Å². The van der Waals surface area contributed by atoms with Crippen LogP contribution >= 0.6 is 7.60 Å². The van der Waals surface area contributed by atoms with Gasteiger partial charge in [-0.15, -0.1) is 0 Å². The highest BCUT2D eigenvalue weighted by Gasteiger charge is 2.51. The molecule has 0 saturated heterocycles. The lowest BCUT2D eigenvalue weighted by Crippen LogP contribution is -2.28. The first kappa shape index (κ1) is 14.9. The Morgan fingerprint density at radius 1 is 1.33 bits per heavy atom. The maximum Gasteiger partial charge on any atom is 0.438 e. The fourth-order valence-corrected chi connectivity index (χ4v) is 3.36. The van der Waals surface area contributed by atoms with E-state index in [0.29, 0.717) is 11.5 Å². The molecular weight excluding hydrogens is 255 g/mol. The molecule has 0 aromatic rings. The fourth-order valence-electron chi connectivity index (χ4n) is 2.03. The van der Waals surface area contributed by atoms with Gasteiger partial charge in [0.2, 0.25) is 0 Å². The minimum absolute atomic E-state index is 0.0815. The molecule has 0 aromatic carbocycles. The summed E-state index contributed by atoms with van der Waals surface area (Å²) < 4.78 is 27.5. The number of ether oxygens (including phenoxy) is 1. The smallest absolute Gasteiger partial charge is 0.438 e. The average molecular weight is 272 g/mol. The van der Waals surface area contributed by atoms with E-state index in [9.17, 15) is 10.1 Å². The van der Waals surface area contributed by atoms with Crippen LogP contribution in [-0.4, -0.2) is 24.5 Å². The van der Waals surface area contributed by atoms with Crippen molar-refractivity contribution >= 4 is 13.0 Å². The van der Waals surface area contributed by atoms with Crippen molar-refractivity contribution in [3.63, 3.8) is 0 Å². The molecule has 18 heavy (non-hydrogen) atoms. The lowest BCUT2D eigenvalue weighted by molar-refractivity contribution is -0.0121. The van der Waals surface area contributed by atoms with E-state index in [-0.39, 0.29) is 5.45 Å². The Balaban J connectivity index is 3.38. The van der Waals surface area contributed by atoms with Crippen molar-refractivity contribution in [3.05, 3.63) is 29.2 Å². The van der Waals surface area contributed by atoms with Gasteiger partial charge in [0.1, 0.15) is 5.41 Å². The quantitative estimate of drug-likeness (QED) is 0.341. The predicted octanol–water partition coefficient (Wildman–Crippen LogP) is 2.94. The molecule has 0 fully saturated rings. The maximum absolute atomic E-state index is 12.4. The highest BCUT2D eigenvalue weighted by molar-refractivity contribution is 7.72. The van der Waals surface area contributed by atoms with Gasteiger partial charge in [0.25, 0.3) is 0 Å². The van der Waals surface area contributed by atoms with Crippen molar-refractivity contribution in [2.24, 2.45) is 5.41 Å². The number of hydrogen-bond donors (Lipinski definition) is 0. The molecule has 1 aliphatic heterocycles. The van der Waals surface area contributed by atoms with Gasteiger partial charge >= 0.3 is 13.0 Å². The highest BCUT2D eigenvalue weighted by Crippen LogP contribution is 2.54. The summed E-state index contributed by atoms with van der Waals surface area (Å²) in [5.41, 5.74) is 8.20. The second-order valence-electron chi connectivity index (χ2n) is 4.18. The predicted molar refractivity (Wildman–Crippen MR) is 67.0 cm³/mol. The zero-order valence-electron chi connectivity index (χ0n) is 11.1. The fraction of sp³-hybridized carbons (Fsp3) is 0.545. The summed E-state index contributed by atoms with van der Waals surface area (Å²) in [4.78, 5) is 3.12. The van der Waals surface area contributed by atoms with Crippen molar-refractivity contribution in [3.8, 4) is 0 Å². The maximum atomic E-state index is 12.4. The van der Waals surface area contributed by atoms with Crippen LogP contribution in [0.1, 0.15) is 20.8 Å². The van der Waals surface area contributed by atoms with Gasteiger partial charge in [0, 0.05) is 14.2 Å². The largest absolute Gasteiger partial charge is 0.467 e. The molecule has 0 N–H and O–H groups in total. The van der Waals surface area contributed by atoms with Gasteiger partial charge < -0.3 is 19.3 Å². The molecule has 6 nitrogen and oxygen atoms in total. The Bertz CT molecular complexity index is 477. The summed E-state index contributed by atoms with van der Waals surface area (Å²) in [6, 6.07) is 0. The molecule has 1 aliphatic rings. The van der Waals surface area contributed by atoms with Gasteiger partial charge in [0.05, 0.1) is 11.5 Å². The molecule has 0 spiro atoms. The van der Waals surface area contributed by atoms with E-state index in [1.807, 2.05) is 0 Å². The van der Waals surface area contributed by atoms with Crippen LogP contribution in [-0.2, 0) is 18.3 Å². The summed E-state index contributed by atoms with van der Waals surface area (Å²) in [6.07, 6.45) is 3.39. The molecule has 0 unspecified atom stereocenters. The standard InChI is InChI=1S/C11H17N2O4P/c1-8-6-11(3,7-9(2)17-8)10(13-12)18(14,15-4)16-5/h6-7H,1-5H3. The third-order valence-corrected chi connectivity index (χ3v) is 4.70. The van der Waals surface area contributed by atoms with Crippen LogP contribution in [0.5, 0.6) is 0 Å². The zero-order chi connectivity index (χ0) is 14.0. The van der Waals surface area contributed by atoms with E-state index in [0.717, 1.165) is 0 Å². The van der Waals surface area contributed by atoms with Gasteiger partial charge in [0.15, 0.2) is 0 Å². The van der Waals surface area contributed by atoms with E-state index in [2.05, 4.69) is 4.79 Å². The van der Waals surface area contributed by atoms with Gasteiger partial charge in [-0.1, -0.05) is 0 Å². The van der Waals surface area contributed by atoms with Crippen molar-refractivity contribution in [2.45, 2.75) is 20.8 Å². The molecule has 0 amide bonds. The second-order valence-corrected chi connectivity index (χ2v) is 6.33. The summed E-state index contributed by atoms with van der Waals surface area (Å²) in [6.45, 7) is 5.25. The summed E-state index contributed by atoms with van der Waals surface area (Å²) in [5, 5.41) is 0. The third-order valence-electron chi connectivity index (χ3n) is 2.64. The van der Waals surface area contributed by atoms with Crippen LogP contribution in [0, 0.1) is 5.41 Å². The van der Waals surface area contributed by atoms with Crippen LogP contribution < -0.4 is 0 Å². The number of rotatable bonds is 4. The molecule has 0 radical (unpaired) electrons. The first-order valence-electron chi connectivity index (χ1n) is 5.32. The second kappa shape index (κ2) is 5.21. The summed E-state index contributed by atoms with van der Waals surface area (Å²) in [5.74, 6) is 1.25. The van der Waals surface area contributed by atoms with E-state index >= 15 is 0 Å². The molecule has 0 aliphatic carbocycles. The van der Waals surface area contributed by atoms with E-state index in [1.54, 1.807) is 32.9 Å². The lowest BCUT2D eigenvalue weighted by atomic mass is 9.89. The molecule has 1 heterocycles. The Kier molecular flexibility index (Phi) is 4.30. The SMILES string of the molecule is COP(=O)(OC)C(=[N+]=[N-])C1(C)C=C(C)OC(C)=C1. The molecule has 7 heteroatoms. The van der Waals surface area contributed by atoms with E-state index in [4.69, 9.17) is 13.8 Å². The zero-order valence-corrected chi connectivity index (χ0v) is 12.0. The lowest BCUT2D eigenvalue weighted by Gasteiger charge is -2.25. The normalized spacial score (nSPS) is 18.3. The number of hydrogen-bond acceptors (Lipinski definition) is 4. The van der Waals surface area contributed by atoms with Gasteiger partial charge in [-0.2, -0.15) is 4.79 Å². The van der Waals surface area contributed by atoms with Crippen molar-refractivity contribution in [1.82, 2.24) is 0 Å². The van der Waals surface area contributed by atoms with Crippen molar-refractivity contribution < 1.29 is 23.1 Å². The van der Waals surface area contributed by atoms with E-state index in [1.165, 1.54) is 14.2 Å². The Morgan fingerprint density at radius 3 is 2.11 bits per heavy atom. The molecule has 0 bridgehead atoms. The monoisotopic (exact) mass is 272 g/mol. The number of nitrogens with zero attached hydrogens (tertiary/aromatic N) is 2. The Hall–Kier alpha value is -1.19. The van der Waals surface area contributed by atoms with Gasteiger partial charge in [-0.25, -0.2) is 4.57 Å².